The molecule has 4 aromatic rings. The van der Waals surface area contributed by atoms with Crippen molar-refractivity contribution in [1.29, 1.82) is 0 Å². The Hall–Kier alpha value is -8.09. The predicted octanol–water partition coefficient (Wildman–Crippen LogP) is -3.08. The van der Waals surface area contributed by atoms with Crippen molar-refractivity contribution in [3.63, 3.8) is 0 Å². The summed E-state index contributed by atoms with van der Waals surface area (Å²) >= 11 is 0. The molecule has 0 bridgehead atoms. The number of rotatable bonds is 15. The largest absolute Gasteiger partial charge is 0.508 e. The highest BCUT2D eigenvalue weighted by atomic mass is 16.5. The minimum atomic E-state index is -2.40. The smallest absolute Gasteiger partial charge is 0.251 e. The number of aromatic hydroxyl groups is 1. The highest BCUT2D eigenvalue weighted by Crippen LogP contribution is 2.30. The van der Waals surface area contributed by atoms with Crippen molar-refractivity contribution < 1.29 is 93.6 Å². The average molecular weight is 1170 g/mol. The number of nitrogens with one attached hydrogen (secondary N) is 5. The van der Waals surface area contributed by atoms with Crippen LogP contribution in [0.3, 0.4) is 0 Å². The van der Waals surface area contributed by atoms with Gasteiger partial charge in [0.25, 0.3) is 5.91 Å². The molecule has 8 amide bonds. The van der Waals surface area contributed by atoms with Crippen LogP contribution in [0.2, 0.25) is 0 Å². The van der Waals surface area contributed by atoms with E-state index in [1.165, 1.54) is 31.2 Å². The molecule has 7 rings (SSSR count). The van der Waals surface area contributed by atoms with Crippen molar-refractivity contribution in [2.75, 3.05) is 19.7 Å². The molecule has 28 nitrogen and oxygen atoms in total. The molecule has 0 unspecified atom stereocenters. The third kappa shape index (κ3) is 15.2. The summed E-state index contributed by atoms with van der Waals surface area (Å²) in [4.78, 5) is 114. The molecule has 4 heterocycles. The summed E-state index contributed by atoms with van der Waals surface area (Å²) in [6.45, 7) is 4.17. The van der Waals surface area contributed by atoms with Gasteiger partial charge < -0.3 is 97.3 Å². The Labute approximate surface area is 480 Å². The Balaban J connectivity index is 1.18. The molecule has 3 aromatic carbocycles. The van der Waals surface area contributed by atoms with Gasteiger partial charge in [-0.15, -0.1) is 0 Å². The van der Waals surface area contributed by atoms with Crippen LogP contribution in [-0.4, -0.2) is 207 Å². The third-order valence-corrected chi connectivity index (χ3v) is 14.9. The Kier molecular flexibility index (Phi) is 21.2. The van der Waals surface area contributed by atoms with E-state index < -0.39 is 171 Å². The standard InChI is InChI=1S/C56H71N9O19/c1-4-5-6-19-83-34-17-13-29(14-18-34)40-22-35(63-84-40)28-7-9-31(10-8-28)50(76)58-36-21-39(70)53(79)59-41(71)23-38(69)43(56(82)65-24-26(2)46(72)45(65)49(57)75)61-54(80)44(48(74)47(73)30-11-15-32(67)16-12-30)62-52(78)37-20-33(68)25-64(37)55(81)42(27(3)66)60-51(36)77/h7-18,22,26-27,33,36-39,42-48,53,66-70,72-74,79H,4-6,19-21,23-25H2,1-3H3,(H2,57,75)(H,58,76)(H,59,71)(H,60,77)(H,61,80)(H,62,78)/t26-,27+,33+,36-,37-,38+,39+,42-,43-,44-,45-,46-,47-,48-,53+/m0/s1. The van der Waals surface area contributed by atoms with Crippen LogP contribution in [0.25, 0.3) is 22.6 Å². The monoisotopic (exact) mass is 1170 g/mol. The number of fused-ring (bicyclic) bond motifs is 1. The molecule has 3 aliphatic rings. The number of phenolic OH excluding ortho intramolecular Hbond substituents is 1. The summed E-state index contributed by atoms with van der Waals surface area (Å²) in [6, 6.07) is 7.03. The van der Waals surface area contributed by atoms with E-state index in [4.69, 9.17) is 15.0 Å². The summed E-state index contributed by atoms with van der Waals surface area (Å²) in [5.74, 6) is -10.2. The number of aliphatic hydroxyl groups is 8. The average Bonchev–Trinajstić information content (AvgIpc) is 2.89. The van der Waals surface area contributed by atoms with Crippen molar-refractivity contribution in [3.8, 4) is 34.1 Å². The Morgan fingerprint density at radius 2 is 1.45 bits per heavy atom. The van der Waals surface area contributed by atoms with E-state index in [0.717, 1.165) is 55.4 Å². The van der Waals surface area contributed by atoms with Crippen molar-refractivity contribution in [3.05, 3.63) is 90.0 Å². The predicted molar refractivity (Wildman–Crippen MR) is 292 cm³/mol. The summed E-state index contributed by atoms with van der Waals surface area (Å²) in [6.07, 6.45) is -15.9. The lowest BCUT2D eigenvalue weighted by Gasteiger charge is -2.34. The van der Waals surface area contributed by atoms with Gasteiger partial charge in [-0.25, -0.2) is 0 Å². The van der Waals surface area contributed by atoms with E-state index in [1.807, 2.05) is 29.6 Å². The Bertz CT molecular complexity index is 2980. The minimum absolute atomic E-state index is 0.0631. The van der Waals surface area contributed by atoms with Gasteiger partial charge in [0.05, 0.1) is 37.4 Å². The highest BCUT2D eigenvalue weighted by Gasteiger charge is 2.50. The summed E-state index contributed by atoms with van der Waals surface area (Å²) in [5, 5.41) is 115. The van der Waals surface area contributed by atoms with Crippen LogP contribution in [0, 0.1) is 5.92 Å². The van der Waals surface area contributed by atoms with Gasteiger partial charge in [-0.05, 0) is 67.4 Å². The van der Waals surface area contributed by atoms with Crippen LogP contribution in [-0.2, 0) is 33.6 Å². The van der Waals surface area contributed by atoms with E-state index in [1.54, 1.807) is 6.07 Å². The molecule has 0 saturated carbocycles. The number of benzene rings is 3. The van der Waals surface area contributed by atoms with Gasteiger partial charge in [0.2, 0.25) is 41.4 Å². The van der Waals surface area contributed by atoms with Gasteiger partial charge in [-0.2, -0.15) is 0 Å². The molecule has 16 N–H and O–H groups in total. The number of hydrogen-bond acceptors (Lipinski definition) is 20. The number of phenols is 1. The first-order valence-corrected chi connectivity index (χ1v) is 27.3. The summed E-state index contributed by atoms with van der Waals surface area (Å²) in [5.41, 5.74) is 6.97. The first-order chi connectivity index (χ1) is 39.9. The number of unbranched alkanes of at least 4 members (excludes halogenated alkanes) is 2. The number of hydrogen-bond donors (Lipinski definition) is 15. The molecule has 15 atom stereocenters. The van der Waals surface area contributed by atoms with Crippen LogP contribution >= 0.6 is 0 Å². The lowest BCUT2D eigenvalue weighted by Crippen LogP contribution is -2.65. The van der Waals surface area contributed by atoms with Crippen molar-refractivity contribution in [2.45, 2.75) is 145 Å². The normalized spacial score (nSPS) is 27.7. The van der Waals surface area contributed by atoms with Crippen LogP contribution in [0.15, 0.2) is 83.4 Å². The summed E-state index contributed by atoms with van der Waals surface area (Å²) in [7, 11) is 0. The van der Waals surface area contributed by atoms with Crippen LogP contribution in [0.5, 0.6) is 11.5 Å². The van der Waals surface area contributed by atoms with E-state index in [2.05, 4.69) is 33.3 Å². The number of ether oxygens (including phenoxy) is 1. The fourth-order valence-electron chi connectivity index (χ4n) is 10.1. The number of nitrogens with two attached hydrogens (primary N) is 1. The van der Waals surface area contributed by atoms with Gasteiger partial charge in [0.15, 0.2) is 12.0 Å². The fourth-order valence-corrected chi connectivity index (χ4v) is 10.1. The molecule has 0 spiro atoms. The Morgan fingerprint density at radius 3 is 2.10 bits per heavy atom. The molecular formula is C56H71N9O19. The fraction of sp³-hybridized carbons (Fsp3) is 0.482. The second kappa shape index (κ2) is 28.0. The first kappa shape index (κ1) is 63.5. The second-order valence-electron chi connectivity index (χ2n) is 21.3. The lowest BCUT2D eigenvalue weighted by atomic mass is 9.96. The van der Waals surface area contributed by atoms with Crippen molar-refractivity contribution >= 4 is 47.3 Å². The Morgan fingerprint density at radius 1 is 0.798 bits per heavy atom. The minimum Gasteiger partial charge on any atom is -0.508 e. The number of primary amides is 1. The number of likely N-dealkylation sites (tertiary alicyclic amines) is 1. The zero-order chi connectivity index (χ0) is 61.3. The molecular weight excluding hydrogens is 1100 g/mol. The van der Waals surface area contributed by atoms with E-state index in [-0.39, 0.29) is 16.9 Å². The number of amides is 8. The van der Waals surface area contributed by atoms with Crippen LogP contribution < -0.4 is 37.1 Å². The lowest BCUT2D eigenvalue weighted by molar-refractivity contribution is -0.148. The van der Waals surface area contributed by atoms with Gasteiger partial charge in [-0.3, -0.25) is 38.4 Å². The van der Waals surface area contributed by atoms with E-state index in [0.29, 0.717) is 39.8 Å². The molecule has 3 aliphatic heterocycles. The maximum Gasteiger partial charge on any atom is 0.251 e. The molecule has 0 radical (unpaired) electrons. The van der Waals surface area contributed by atoms with Crippen LogP contribution in [0.4, 0.5) is 0 Å². The number of carbonyl (C=O) groups is 8. The molecule has 454 valence electrons. The number of aliphatic hydroxyl groups excluding tert-OH is 8. The number of carbonyl (C=O) groups excluding carboxylic acids is 8. The quantitative estimate of drug-likeness (QED) is 0.0525. The molecule has 1 aromatic heterocycles. The number of aromatic nitrogens is 1. The van der Waals surface area contributed by atoms with Crippen LogP contribution in [0.1, 0.15) is 81.3 Å². The second-order valence-corrected chi connectivity index (χ2v) is 21.3. The third-order valence-electron chi connectivity index (χ3n) is 14.9. The van der Waals surface area contributed by atoms with E-state index >= 15 is 0 Å². The van der Waals surface area contributed by atoms with E-state index in [9.17, 15) is 84.3 Å². The van der Waals surface area contributed by atoms with Crippen molar-refractivity contribution in [1.82, 2.24) is 41.5 Å². The first-order valence-electron chi connectivity index (χ1n) is 27.3. The SMILES string of the molecule is CCCCCOc1ccc(-c2cc(-c3ccc(C(=O)N[C@H]4C[C@@H](O)[C@@H](O)NC(=O)C[C@@H](O)[C@@H](C(=O)N5C[C@H](C)[C@H](O)[C@H]5C(N)=O)NC(=O)[C@H]([C@H](O)[C@@H](O)c5ccc(O)cc5)NC(=O)[C@@H]5C[C@@H](O)CN5C(=O)[C@H]([C@@H](C)O)NC4=O)cc3)no2)cc1. The van der Waals surface area contributed by atoms with Gasteiger partial charge >= 0.3 is 0 Å². The molecule has 3 fully saturated rings. The summed E-state index contributed by atoms with van der Waals surface area (Å²) < 4.78 is 11.4. The maximum absolute atomic E-state index is 14.5. The topological polar surface area (TPSA) is 447 Å². The zero-order valence-electron chi connectivity index (χ0n) is 46.1. The maximum atomic E-state index is 14.5. The van der Waals surface area contributed by atoms with Gasteiger partial charge in [0, 0.05) is 54.6 Å². The molecule has 84 heavy (non-hydrogen) atoms. The molecule has 3 saturated heterocycles. The van der Waals surface area contributed by atoms with Gasteiger partial charge in [-0.1, -0.05) is 56.1 Å². The number of nitrogens with zero attached hydrogens (tertiary/aromatic N) is 3. The van der Waals surface area contributed by atoms with Gasteiger partial charge in [0.1, 0.15) is 71.8 Å². The highest BCUT2D eigenvalue weighted by molar-refractivity contribution is 6.00. The van der Waals surface area contributed by atoms with Crippen molar-refractivity contribution in [2.24, 2.45) is 11.7 Å². The molecule has 0 aliphatic carbocycles. The molecule has 28 heteroatoms. The zero-order valence-corrected chi connectivity index (χ0v) is 46.1.